The van der Waals surface area contributed by atoms with Gasteiger partial charge in [0.1, 0.15) is 6.54 Å². The van der Waals surface area contributed by atoms with Crippen LogP contribution >= 0.6 is 0 Å². The van der Waals surface area contributed by atoms with Gasteiger partial charge in [-0.2, -0.15) is 4.90 Å². The molecule has 1 aliphatic heterocycles. The van der Waals surface area contributed by atoms with Gasteiger partial charge < -0.3 is 5.11 Å². The van der Waals surface area contributed by atoms with Crippen LogP contribution in [0.15, 0.2) is 24.3 Å². The molecule has 2 N–H and O–H groups in total. The van der Waals surface area contributed by atoms with Crippen molar-refractivity contribution >= 4 is 11.8 Å². The summed E-state index contributed by atoms with van der Waals surface area (Å²) in [7, 11) is 0. The number of imide groups is 1. The molecule has 1 heterocycles. The van der Waals surface area contributed by atoms with Crippen LogP contribution in [0.25, 0.3) is 0 Å². The highest BCUT2D eigenvalue weighted by atomic mass is 16.3. The average Bonchev–Trinajstić information content (AvgIpc) is 2.45. The van der Waals surface area contributed by atoms with Gasteiger partial charge in [-0.15, -0.1) is 0 Å². The summed E-state index contributed by atoms with van der Waals surface area (Å²) in [6.07, 6.45) is 0. The van der Waals surface area contributed by atoms with E-state index in [2.05, 4.69) is 0 Å². The van der Waals surface area contributed by atoms with Gasteiger partial charge in [0.2, 0.25) is 0 Å². The normalized spacial score (nSPS) is 16.1. The predicted molar refractivity (Wildman–Crippen MR) is 48.0 cm³/mol. The highest BCUT2D eigenvalue weighted by Crippen LogP contribution is 2.10. The molecule has 1 aromatic carbocycles. The summed E-state index contributed by atoms with van der Waals surface area (Å²) in [5.74, 6) is -0.473. The number of aliphatic hydroxyl groups excluding tert-OH is 1. The molecule has 0 fully saturated rings. The van der Waals surface area contributed by atoms with Crippen LogP contribution in [0.2, 0.25) is 0 Å². The number of carbonyl (C=O) groups is 2. The minimum atomic E-state index is -0.236. The molecular weight excluding hydrogens is 182 g/mol. The van der Waals surface area contributed by atoms with Gasteiger partial charge >= 0.3 is 11.8 Å². The molecule has 0 radical (unpaired) electrons. The fourth-order valence-corrected chi connectivity index (χ4v) is 1.65. The molecule has 1 aliphatic rings. The van der Waals surface area contributed by atoms with Crippen LogP contribution in [0.5, 0.6) is 0 Å². The van der Waals surface area contributed by atoms with E-state index in [9.17, 15) is 9.59 Å². The van der Waals surface area contributed by atoms with Crippen molar-refractivity contribution in [3.63, 3.8) is 0 Å². The molecule has 0 aromatic heterocycles. The summed E-state index contributed by atoms with van der Waals surface area (Å²) in [5, 5.41) is 8.72. The molecule has 0 spiro atoms. The predicted octanol–water partition coefficient (Wildman–Crippen LogP) is -1.14. The third-order valence-electron chi connectivity index (χ3n) is 2.33. The second kappa shape index (κ2) is 3.32. The number of nitrogens with one attached hydrogen (secondary N) is 1. The molecule has 14 heavy (non-hydrogen) atoms. The SMILES string of the molecule is O=C1c2ccccc2C(=O)[NH+]1CCO. The van der Waals surface area contributed by atoms with Gasteiger partial charge in [0, 0.05) is 0 Å². The number of hydrogen-bond acceptors (Lipinski definition) is 3. The first-order valence-electron chi connectivity index (χ1n) is 4.41. The van der Waals surface area contributed by atoms with E-state index in [0.717, 1.165) is 0 Å². The van der Waals surface area contributed by atoms with E-state index in [4.69, 9.17) is 5.11 Å². The molecule has 72 valence electrons. The smallest absolute Gasteiger partial charge is 0.352 e. The minimum Gasteiger partial charge on any atom is -0.390 e. The van der Waals surface area contributed by atoms with E-state index >= 15 is 0 Å². The lowest BCUT2D eigenvalue weighted by Gasteiger charge is -2.03. The Balaban J connectivity index is 2.43. The molecule has 0 unspecified atom stereocenters. The van der Waals surface area contributed by atoms with Gasteiger partial charge in [-0.05, 0) is 12.1 Å². The number of rotatable bonds is 2. The number of benzene rings is 1. The summed E-state index contributed by atoms with van der Waals surface area (Å²) >= 11 is 0. The van der Waals surface area contributed by atoms with E-state index in [-0.39, 0.29) is 29.9 Å². The standard InChI is InChI=1S/C10H9NO3/c12-6-5-11-9(13)7-3-1-2-4-8(7)10(11)14/h1-4,12H,5-6H2/p+1. The molecule has 0 saturated heterocycles. The van der Waals surface area contributed by atoms with E-state index in [1.54, 1.807) is 24.3 Å². The lowest BCUT2D eigenvalue weighted by molar-refractivity contribution is -0.720. The summed E-state index contributed by atoms with van der Waals surface area (Å²) in [4.78, 5) is 23.5. The molecule has 2 amide bonds. The van der Waals surface area contributed by atoms with Crippen LogP contribution in [0.4, 0.5) is 0 Å². The Morgan fingerprint density at radius 2 is 1.57 bits per heavy atom. The van der Waals surface area contributed by atoms with Crippen molar-refractivity contribution in [1.82, 2.24) is 0 Å². The second-order valence-electron chi connectivity index (χ2n) is 3.16. The zero-order valence-corrected chi connectivity index (χ0v) is 7.49. The van der Waals surface area contributed by atoms with Crippen LogP contribution in [-0.2, 0) is 0 Å². The van der Waals surface area contributed by atoms with E-state index in [1.165, 1.54) is 0 Å². The summed E-state index contributed by atoms with van der Waals surface area (Å²) in [5.41, 5.74) is 0.918. The Morgan fingerprint density at radius 3 is 2.00 bits per heavy atom. The molecule has 0 aliphatic carbocycles. The number of aliphatic hydroxyl groups is 1. The number of quaternary nitrogens is 1. The van der Waals surface area contributed by atoms with Gasteiger partial charge in [-0.25, -0.2) is 9.59 Å². The van der Waals surface area contributed by atoms with Crippen molar-refractivity contribution in [3.05, 3.63) is 35.4 Å². The molecule has 2 rings (SSSR count). The first-order chi connectivity index (χ1) is 6.75. The van der Waals surface area contributed by atoms with Crippen LogP contribution < -0.4 is 4.90 Å². The summed E-state index contributed by atoms with van der Waals surface area (Å²) in [6.45, 7) is -0.0207. The second-order valence-corrected chi connectivity index (χ2v) is 3.16. The Labute approximate surface area is 80.8 Å². The van der Waals surface area contributed by atoms with E-state index in [0.29, 0.717) is 11.1 Å². The molecule has 0 saturated carbocycles. The van der Waals surface area contributed by atoms with Crippen LogP contribution in [-0.4, -0.2) is 30.1 Å². The number of amides is 2. The molecule has 1 aromatic rings. The summed E-state index contributed by atoms with van der Waals surface area (Å²) in [6, 6.07) is 6.73. The topological polar surface area (TPSA) is 58.8 Å². The monoisotopic (exact) mass is 192 g/mol. The van der Waals surface area contributed by atoms with Crippen molar-refractivity contribution in [2.45, 2.75) is 0 Å². The Hall–Kier alpha value is -1.52. The van der Waals surface area contributed by atoms with Gasteiger partial charge in [0.15, 0.2) is 0 Å². The van der Waals surface area contributed by atoms with Gasteiger partial charge in [0.25, 0.3) is 0 Å². The minimum absolute atomic E-state index is 0.145. The van der Waals surface area contributed by atoms with Gasteiger partial charge in [-0.1, -0.05) is 12.1 Å². The van der Waals surface area contributed by atoms with E-state index < -0.39 is 0 Å². The lowest BCUT2D eigenvalue weighted by atomic mass is 10.1. The zero-order chi connectivity index (χ0) is 10.1. The number of carbonyl (C=O) groups excluding carboxylic acids is 2. The maximum Gasteiger partial charge on any atom is 0.352 e. The summed E-state index contributed by atoms with van der Waals surface area (Å²) < 4.78 is 0. The Kier molecular flexibility index (Phi) is 2.15. The molecule has 4 heteroatoms. The lowest BCUT2D eigenvalue weighted by Crippen LogP contribution is -3.15. The molecule has 4 nitrogen and oxygen atoms in total. The van der Waals surface area contributed by atoms with E-state index in [1.807, 2.05) is 0 Å². The first kappa shape index (κ1) is 9.05. The Bertz CT molecular complexity index is 365. The van der Waals surface area contributed by atoms with Crippen molar-refractivity contribution in [3.8, 4) is 0 Å². The van der Waals surface area contributed by atoms with Crippen molar-refractivity contribution in [1.29, 1.82) is 0 Å². The highest BCUT2D eigenvalue weighted by Gasteiger charge is 2.40. The first-order valence-corrected chi connectivity index (χ1v) is 4.41. The maximum atomic E-state index is 11.6. The zero-order valence-electron chi connectivity index (χ0n) is 7.49. The third kappa shape index (κ3) is 1.16. The number of fused-ring (bicyclic) bond motifs is 1. The van der Waals surface area contributed by atoms with Crippen LogP contribution in [0, 0.1) is 0 Å². The maximum absolute atomic E-state index is 11.6. The van der Waals surface area contributed by atoms with Crippen LogP contribution in [0.1, 0.15) is 20.7 Å². The van der Waals surface area contributed by atoms with Crippen molar-refractivity contribution < 1.29 is 19.6 Å². The molecular formula is C10H10NO3+. The molecule has 0 bridgehead atoms. The van der Waals surface area contributed by atoms with Crippen molar-refractivity contribution in [2.24, 2.45) is 0 Å². The van der Waals surface area contributed by atoms with Crippen LogP contribution in [0.3, 0.4) is 0 Å². The quantitative estimate of drug-likeness (QED) is 0.582. The fraction of sp³-hybridized carbons (Fsp3) is 0.200. The molecule has 0 atom stereocenters. The number of hydrogen-bond donors (Lipinski definition) is 2. The highest BCUT2D eigenvalue weighted by molar-refractivity contribution is 6.11. The third-order valence-corrected chi connectivity index (χ3v) is 2.33. The Morgan fingerprint density at radius 1 is 1.07 bits per heavy atom. The average molecular weight is 192 g/mol. The van der Waals surface area contributed by atoms with Gasteiger partial charge in [0.05, 0.1) is 17.7 Å². The van der Waals surface area contributed by atoms with Gasteiger partial charge in [-0.3, -0.25) is 0 Å². The fourth-order valence-electron chi connectivity index (χ4n) is 1.65. The largest absolute Gasteiger partial charge is 0.390 e. The van der Waals surface area contributed by atoms with Crippen molar-refractivity contribution in [2.75, 3.05) is 13.2 Å².